The third-order valence-electron chi connectivity index (χ3n) is 7.58. The van der Waals surface area contributed by atoms with Gasteiger partial charge in [-0.1, -0.05) is 54.6 Å². The highest BCUT2D eigenvalue weighted by molar-refractivity contribution is 6.07. The lowest BCUT2D eigenvalue weighted by Crippen LogP contribution is -2.39. The number of aryl methyl sites for hydroxylation is 1. The van der Waals surface area contributed by atoms with Crippen molar-refractivity contribution in [2.24, 2.45) is 11.8 Å². The second-order valence-electron chi connectivity index (χ2n) is 9.68. The summed E-state index contributed by atoms with van der Waals surface area (Å²) >= 11 is 0. The summed E-state index contributed by atoms with van der Waals surface area (Å²) in [6.45, 7) is 2.03. The average molecular weight is 520 g/mol. The van der Waals surface area contributed by atoms with Gasteiger partial charge in [0.05, 0.1) is 25.0 Å². The lowest BCUT2D eigenvalue weighted by Gasteiger charge is -2.35. The highest BCUT2D eigenvalue weighted by atomic mass is 19.1. The molecule has 1 aliphatic carbocycles. The molecule has 3 aromatic rings. The zero-order valence-corrected chi connectivity index (χ0v) is 21.4. The number of allylic oxidation sites excluding steroid dienone is 2. The second-order valence-corrected chi connectivity index (χ2v) is 9.68. The van der Waals surface area contributed by atoms with Crippen molar-refractivity contribution in [2.45, 2.75) is 32.2 Å². The van der Waals surface area contributed by atoms with Gasteiger partial charge in [0.1, 0.15) is 23.5 Å². The first-order valence-corrected chi connectivity index (χ1v) is 12.9. The van der Waals surface area contributed by atoms with Gasteiger partial charge in [-0.3, -0.25) is 9.59 Å². The molecular weight excluding hydrogens is 493 g/mol. The maximum Gasteiger partial charge on any atom is 0.310 e. The van der Waals surface area contributed by atoms with Crippen molar-refractivity contribution < 1.29 is 18.7 Å². The number of carbonyl (C=O) groups excluding carboxylic acids is 2. The second kappa shape index (κ2) is 10.9. The maximum absolute atomic E-state index is 14.6. The van der Waals surface area contributed by atoms with E-state index in [1.807, 2.05) is 66.7 Å². The fourth-order valence-electron chi connectivity index (χ4n) is 5.97. The number of rotatable bonds is 6. The molecule has 0 unspecified atom stereocenters. The van der Waals surface area contributed by atoms with Crippen LogP contribution in [0.4, 0.5) is 10.1 Å². The van der Waals surface area contributed by atoms with Gasteiger partial charge in [-0.2, -0.15) is 10.5 Å². The quantitative estimate of drug-likeness (QED) is 0.308. The summed E-state index contributed by atoms with van der Waals surface area (Å²) in [7, 11) is 0. The summed E-state index contributed by atoms with van der Waals surface area (Å²) in [5.41, 5.74) is 3.84. The maximum atomic E-state index is 14.6. The van der Waals surface area contributed by atoms with Crippen LogP contribution in [-0.2, 0) is 27.3 Å². The Kier molecular flexibility index (Phi) is 7.25. The van der Waals surface area contributed by atoms with Gasteiger partial charge in [0.25, 0.3) is 0 Å². The number of ether oxygens (including phenoxy) is 1. The first kappa shape index (κ1) is 25.9. The first-order chi connectivity index (χ1) is 19.0. The Morgan fingerprint density at radius 1 is 1.08 bits per heavy atom. The molecule has 6 nitrogen and oxygen atoms in total. The highest BCUT2D eigenvalue weighted by Gasteiger charge is 2.50. The van der Waals surface area contributed by atoms with Crippen LogP contribution in [0.3, 0.4) is 0 Å². The van der Waals surface area contributed by atoms with Crippen molar-refractivity contribution in [2.75, 3.05) is 11.5 Å². The lowest BCUT2D eigenvalue weighted by atomic mass is 9.67. The van der Waals surface area contributed by atoms with Crippen molar-refractivity contribution in [3.63, 3.8) is 0 Å². The molecule has 3 aromatic carbocycles. The molecule has 1 amide bonds. The largest absolute Gasteiger partial charge is 0.466 e. The predicted molar refractivity (Wildman–Crippen MR) is 143 cm³/mol. The van der Waals surface area contributed by atoms with E-state index in [9.17, 15) is 24.5 Å². The fraction of sp³-hybridized carbons (Fsp3) is 0.250. The van der Waals surface area contributed by atoms with Crippen LogP contribution in [0.1, 0.15) is 41.5 Å². The number of anilines is 1. The van der Waals surface area contributed by atoms with Crippen LogP contribution in [-0.4, -0.2) is 18.5 Å². The highest BCUT2D eigenvalue weighted by Crippen LogP contribution is 2.51. The molecule has 194 valence electrons. The molecule has 0 fully saturated rings. The van der Waals surface area contributed by atoms with Gasteiger partial charge >= 0.3 is 5.97 Å². The standard InChI is InChI=1S/C32H26FN3O3/c1-2-39-32(38)30(25-14-12-21-10-6-7-11-24(21)28(25)22(17-34)18-35)29-26-16-23(33)13-15-27(26)36(31(29)37)19-20-8-4-3-5-9-20/h3-11,13,15-16,25,29-30H,2,12,14,19H2,1H3/t25-,29-,30-/m0/s1. The van der Waals surface area contributed by atoms with Crippen molar-refractivity contribution in [1.29, 1.82) is 10.5 Å². The molecule has 3 atom stereocenters. The van der Waals surface area contributed by atoms with Crippen LogP contribution < -0.4 is 4.90 Å². The summed E-state index contributed by atoms with van der Waals surface area (Å²) < 4.78 is 20.1. The molecule has 0 saturated carbocycles. The fourth-order valence-corrected chi connectivity index (χ4v) is 5.97. The molecule has 0 aromatic heterocycles. The van der Waals surface area contributed by atoms with Crippen LogP contribution >= 0.6 is 0 Å². The van der Waals surface area contributed by atoms with Crippen molar-refractivity contribution in [3.05, 3.63) is 106 Å². The number of nitriles is 2. The van der Waals surface area contributed by atoms with E-state index in [0.29, 0.717) is 35.2 Å². The van der Waals surface area contributed by atoms with Gasteiger partial charge < -0.3 is 9.64 Å². The minimum atomic E-state index is -1.06. The third-order valence-corrected chi connectivity index (χ3v) is 7.58. The molecule has 1 heterocycles. The SMILES string of the molecule is CCOC(=O)[C@@H]([C@H]1CCc2ccccc2C1=C(C#N)C#N)[C@H]1C(=O)N(Cc2ccccc2)c2ccc(F)cc21. The lowest BCUT2D eigenvalue weighted by molar-refractivity contribution is -0.152. The topological polar surface area (TPSA) is 94.2 Å². The average Bonchev–Trinajstić information content (AvgIpc) is 3.21. The van der Waals surface area contributed by atoms with Crippen LogP contribution in [0, 0.1) is 40.3 Å². The number of benzene rings is 3. The molecule has 0 spiro atoms. The smallest absolute Gasteiger partial charge is 0.310 e. The van der Waals surface area contributed by atoms with Gasteiger partial charge in [0, 0.05) is 11.6 Å². The van der Waals surface area contributed by atoms with Gasteiger partial charge in [-0.05, 0) is 65.8 Å². The Morgan fingerprint density at radius 2 is 1.79 bits per heavy atom. The molecule has 1 aliphatic heterocycles. The predicted octanol–water partition coefficient (Wildman–Crippen LogP) is 5.70. The monoisotopic (exact) mass is 519 g/mol. The minimum Gasteiger partial charge on any atom is -0.466 e. The van der Waals surface area contributed by atoms with Crippen molar-refractivity contribution in [3.8, 4) is 12.1 Å². The number of amides is 1. The number of nitrogens with zero attached hydrogens (tertiary/aromatic N) is 3. The molecule has 0 saturated heterocycles. The zero-order valence-electron chi connectivity index (χ0n) is 21.4. The number of hydrogen-bond donors (Lipinski definition) is 0. The van der Waals surface area contributed by atoms with Crippen molar-refractivity contribution in [1.82, 2.24) is 0 Å². The Morgan fingerprint density at radius 3 is 2.51 bits per heavy atom. The zero-order chi connectivity index (χ0) is 27.5. The Bertz CT molecular complexity index is 1530. The van der Waals surface area contributed by atoms with E-state index < -0.39 is 29.5 Å². The minimum absolute atomic E-state index is 0.0890. The number of esters is 1. The molecule has 2 aliphatic rings. The number of carbonyl (C=O) groups is 2. The number of fused-ring (bicyclic) bond motifs is 2. The van der Waals surface area contributed by atoms with E-state index in [2.05, 4.69) is 0 Å². The summed E-state index contributed by atoms with van der Waals surface area (Å²) in [6, 6.07) is 25.1. The molecule has 5 rings (SSSR count). The van der Waals surface area contributed by atoms with Gasteiger partial charge in [0.15, 0.2) is 0 Å². The van der Waals surface area contributed by atoms with Gasteiger partial charge in [-0.15, -0.1) is 0 Å². The third kappa shape index (κ3) is 4.69. The number of halogens is 1. The van der Waals surface area contributed by atoms with Crippen LogP contribution in [0.15, 0.2) is 78.4 Å². The summed E-state index contributed by atoms with van der Waals surface area (Å²) in [6.07, 6.45) is 1.02. The number of hydrogen-bond acceptors (Lipinski definition) is 5. The van der Waals surface area contributed by atoms with Gasteiger partial charge in [0.2, 0.25) is 5.91 Å². The summed E-state index contributed by atoms with van der Waals surface area (Å²) in [4.78, 5) is 29.5. The molecule has 0 bridgehead atoms. The van der Waals surface area contributed by atoms with E-state index in [1.165, 1.54) is 12.1 Å². The van der Waals surface area contributed by atoms with E-state index in [-0.39, 0.29) is 24.6 Å². The molecule has 0 N–H and O–H groups in total. The van der Waals surface area contributed by atoms with Gasteiger partial charge in [-0.25, -0.2) is 4.39 Å². The molecular formula is C32H26FN3O3. The van der Waals surface area contributed by atoms with Crippen LogP contribution in [0.5, 0.6) is 0 Å². The first-order valence-electron chi connectivity index (χ1n) is 12.9. The van der Waals surface area contributed by atoms with Crippen LogP contribution in [0.25, 0.3) is 5.57 Å². The molecule has 0 radical (unpaired) electrons. The molecule has 7 heteroatoms. The molecule has 39 heavy (non-hydrogen) atoms. The van der Waals surface area contributed by atoms with E-state index in [0.717, 1.165) is 11.1 Å². The van der Waals surface area contributed by atoms with Crippen LogP contribution in [0.2, 0.25) is 0 Å². The Labute approximate surface area is 226 Å². The Hall–Kier alpha value is -4.75. The van der Waals surface area contributed by atoms with E-state index in [1.54, 1.807) is 17.9 Å². The summed E-state index contributed by atoms with van der Waals surface area (Å²) in [5, 5.41) is 19.8. The normalized spacial score (nSPS) is 18.4. The van der Waals surface area contributed by atoms with E-state index >= 15 is 0 Å². The van der Waals surface area contributed by atoms with Crippen molar-refractivity contribution >= 4 is 23.1 Å². The Balaban J connectivity index is 1.68. The van der Waals surface area contributed by atoms with E-state index in [4.69, 9.17) is 4.74 Å². The summed E-state index contributed by atoms with van der Waals surface area (Å²) in [5.74, 6) is -4.22.